The average molecular weight is 243 g/mol. The fourth-order valence-corrected chi connectivity index (χ4v) is 2.50. The summed E-state index contributed by atoms with van der Waals surface area (Å²) in [5.74, 6) is 0.623. The second-order valence-corrected chi connectivity index (χ2v) is 4.95. The summed E-state index contributed by atoms with van der Waals surface area (Å²) in [7, 11) is 0. The summed E-state index contributed by atoms with van der Waals surface area (Å²) in [4.78, 5) is 6.47. The molecule has 0 spiro atoms. The Labute approximate surface area is 109 Å². The molecule has 0 bridgehead atoms. The number of aliphatic imine (C=N–C) groups is 1. The summed E-state index contributed by atoms with van der Waals surface area (Å²) < 4.78 is 0. The van der Waals surface area contributed by atoms with E-state index in [0.717, 1.165) is 13.1 Å². The number of aryl methyl sites for hydroxylation is 3. The normalized spacial score (nSPS) is 18.9. The molecule has 2 rings (SSSR count). The van der Waals surface area contributed by atoms with Gasteiger partial charge in [-0.05, 0) is 43.0 Å². The Morgan fingerprint density at radius 3 is 2.67 bits per heavy atom. The first-order chi connectivity index (χ1) is 8.54. The number of guanidine groups is 1. The zero-order chi connectivity index (χ0) is 13.3. The van der Waals surface area contributed by atoms with Crippen molar-refractivity contribution in [3.63, 3.8) is 0 Å². The van der Waals surface area contributed by atoms with Gasteiger partial charge < -0.3 is 10.6 Å². The van der Waals surface area contributed by atoms with E-state index in [9.17, 15) is 0 Å². The summed E-state index contributed by atoms with van der Waals surface area (Å²) >= 11 is 0. The van der Waals surface area contributed by atoms with Gasteiger partial charge in [0.1, 0.15) is 0 Å². The summed E-state index contributed by atoms with van der Waals surface area (Å²) in [6, 6.07) is 4.76. The van der Waals surface area contributed by atoms with E-state index in [1.54, 1.807) is 0 Å². The second kappa shape index (κ2) is 4.84. The van der Waals surface area contributed by atoms with E-state index in [4.69, 9.17) is 5.73 Å². The van der Waals surface area contributed by atoms with Gasteiger partial charge >= 0.3 is 0 Å². The lowest BCUT2D eigenvalue weighted by atomic mass is 9.95. The van der Waals surface area contributed by atoms with Gasteiger partial charge in [0.05, 0.1) is 12.6 Å². The number of hydrogen-bond donors (Lipinski definition) is 1. The van der Waals surface area contributed by atoms with Crippen LogP contribution in [0.1, 0.15) is 28.3 Å². The maximum absolute atomic E-state index is 5.94. The average Bonchev–Trinajstić information content (AvgIpc) is 2.67. The van der Waals surface area contributed by atoms with Gasteiger partial charge in [-0.1, -0.05) is 18.2 Å². The third-order valence-corrected chi connectivity index (χ3v) is 3.66. The van der Waals surface area contributed by atoms with Gasteiger partial charge in [0.15, 0.2) is 5.96 Å². The Morgan fingerprint density at radius 1 is 1.33 bits per heavy atom. The lowest BCUT2D eigenvalue weighted by Gasteiger charge is -2.27. The van der Waals surface area contributed by atoms with Crippen molar-refractivity contribution in [2.75, 3.05) is 13.1 Å². The van der Waals surface area contributed by atoms with E-state index in [1.807, 2.05) is 6.08 Å². The van der Waals surface area contributed by atoms with Crippen LogP contribution in [0.5, 0.6) is 0 Å². The molecule has 0 saturated heterocycles. The highest BCUT2D eigenvalue weighted by Crippen LogP contribution is 2.29. The van der Waals surface area contributed by atoms with Gasteiger partial charge in [-0.3, -0.25) is 4.99 Å². The first-order valence-electron chi connectivity index (χ1n) is 6.29. The van der Waals surface area contributed by atoms with Crippen molar-refractivity contribution in [1.82, 2.24) is 4.90 Å². The number of rotatable bonds is 3. The monoisotopic (exact) mass is 243 g/mol. The fourth-order valence-electron chi connectivity index (χ4n) is 2.50. The molecule has 1 heterocycles. The number of nitrogens with two attached hydrogens (primary N) is 1. The molecule has 18 heavy (non-hydrogen) atoms. The first-order valence-corrected chi connectivity index (χ1v) is 6.29. The SMILES string of the molecule is C=CCN1C(N)=NCC1c1cc(C)c(C)cc1C. The maximum Gasteiger partial charge on any atom is 0.192 e. The van der Waals surface area contributed by atoms with Crippen LogP contribution in [0, 0.1) is 20.8 Å². The standard InChI is InChI=1S/C15H21N3/c1-5-6-18-14(9-17-15(18)16)13-8-11(3)10(2)7-12(13)4/h5,7-8,14H,1,6,9H2,2-4H3,(H2,16,17). The predicted octanol–water partition coefficient (Wildman–Crippen LogP) is 2.47. The van der Waals surface area contributed by atoms with E-state index in [2.05, 4.69) is 49.4 Å². The number of benzene rings is 1. The number of nitrogens with zero attached hydrogens (tertiary/aromatic N) is 2. The van der Waals surface area contributed by atoms with E-state index in [-0.39, 0.29) is 6.04 Å². The largest absolute Gasteiger partial charge is 0.370 e. The molecule has 1 unspecified atom stereocenters. The second-order valence-electron chi connectivity index (χ2n) is 4.95. The van der Waals surface area contributed by atoms with Crippen LogP contribution >= 0.6 is 0 Å². The van der Waals surface area contributed by atoms with Crippen LogP contribution in [-0.2, 0) is 0 Å². The van der Waals surface area contributed by atoms with Crippen LogP contribution in [0.4, 0.5) is 0 Å². The highest BCUT2D eigenvalue weighted by Gasteiger charge is 2.27. The Hall–Kier alpha value is -1.77. The van der Waals surface area contributed by atoms with E-state index in [0.29, 0.717) is 5.96 Å². The third-order valence-electron chi connectivity index (χ3n) is 3.66. The molecule has 0 radical (unpaired) electrons. The van der Waals surface area contributed by atoms with Crippen LogP contribution in [0.15, 0.2) is 29.8 Å². The highest BCUT2D eigenvalue weighted by molar-refractivity contribution is 5.80. The van der Waals surface area contributed by atoms with E-state index >= 15 is 0 Å². The Balaban J connectivity index is 2.37. The minimum Gasteiger partial charge on any atom is -0.370 e. The predicted molar refractivity (Wildman–Crippen MR) is 76.8 cm³/mol. The van der Waals surface area contributed by atoms with Gasteiger partial charge in [-0.15, -0.1) is 6.58 Å². The minimum absolute atomic E-state index is 0.252. The summed E-state index contributed by atoms with van der Waals surface area (Å²) in [5.41, 5.74) is 11.2. The van der Waals surface area contributed by atoms with Crippen molar-refractivity contribution in [3.8, 4) is 0 Å². The molecule has 96 valence electrons. The third kappa shape index (κ3) is 2.13. The zero-order valence-corrected chi connectivity index (χ0v) is 11.4. The molecule has 0 saturated carbocycles. The molecule has 1 aromatic carbocycles. The van der Waals surface area contributed by atoms with Gasteiger partial charge in [-0.2, -0.15) is 0 Å². The zero-order valence-electron chi connectivity index (χ0n) is 11.4. The Bertz CT molecular complexity index is 503. The molecule has 1 aliphatic heterocycles. The van der Waals surface area contributed by atoms with E-state index < -0.39 is 0 Å². The minimum atomic E-state index is 0.252. The molecule has 2 N–H and O–H groups in total. The first kappa shape index (κ1) is 12.7. The summed E-state index contributed by atoms with van der Waals surface area (Å²) in [5, 5.41) is 0. The molecule has 1 atom stereocenters. The fraction of sp³-hybridized carbons (Fsp3) is 0.400. The summed E-state index contributed by atoms with van der Waals surface area (Å²) in [6.45, 7) is 11.7. The molecule has 0 aromatic heterocycles. The molecule has 0 amide bonds. The Morgan fingerprint density at radius 2 is 2.00 bits per heavy atom. The maximum atomic E-state index is 5.94. The quantitative estimate of drug-likeness (QED) is 0.829. The van der Waals surface area contributed by atoms with Crippen LogP contribution in [0.25, 0.3) is 0 Å². The smallest absolute Gasteiger partial charge is 0.192 e. The van der Waals surface area contributed by atoms with Crippen molar-refractivity contribution in [1.29, 1.82) is 0 Å². The molecule has 3 heteroatoms. The van der Waals surface area contributed by atoms with Crippen molar-refractivity contribution in [2.45, 2.75) is 26.8 Å². The lowest BCUT2D eigenvalue weighted by molar-refractivity contribution is 0.379. The molecular formula is C15H21N3. The van der Waals surface area contributed by atoms with Crippen molar-refractivity contribution < 1.29 is 0 Å². The van der Waals surface area contributed by atoms with Gasteiger partial charge in [0.2, 0.25) is 0 Å². The summed E-state index contributed by atoms with van der Waals surface area (Å²) in [6.07, 6.45) is 1.87. The molecular weight excluding hydrogens is 222 g/mol. The van der Waals surface area contributed by atoms with Gasteiger partial charge in [0, 0.05) is 6.54 Å². The Kier molecular flexibility index (Phi) is 3.41. The van der Waals surface area contributed by atoms with Gasteiger partial charge in [0.25, 0.3) is 0 Å². The van der Waals surface area contributed by atoms with Gasteiger partial charge in [-0.25, -0.2) is 0 Å². The molecule has 3 nitrogen and oxygen atoms in total. The van der Waals surface area contributed by atoms with Crippen molar-refractivity contribution in [3.05, 3.63) is 47.0 Å². The van der Waals surface area contributed by atoms with Crippen LogP contribution in [0.3, 0.4) is 0 Å². The highest BCUT2D eigenvalue weighted by atomic mass is 15.3. The molecule has 0 fully saturated rings. The van der Waals surface area contributed by atoms with E-state index in [1.165, 1.54) is 22.3 Å². The molecule has 1 aromatic rings. The van der Waals surface area contributed by atoms with Crippen LogP contribution in [0.2, 0.25) is 0 Å². The lowest BCUT2D eigenvalue weighted by Crippen LogP contribution is -2.36. The number of hydrogen-bond acceptors (Lipinski definition) is 3. The topological polar surface area (TPSA) is 41.6 Å². The van der Waals surface area contributed by atoms with Crippen LogP contribution in [-0.4, -0.2) is 23.9 Å². The molecule has 0 aliphatic carbocycles. The van der Waals surface area contributed by atoms with Crippen molar-refractivity contribution in [2.24, 2.45) is 10.7 Å². The molecule has 1 aliphatic rings. The van der Waals surface area contributed by atoms with Crippen LogP contribution < -0.4 is 5.73 Å². The van der Waals surface area contributed by atoms with Crippen molar-refractivity contribution >= 4 is 5.96 Å².